The second kappa shape index (κ2) is 9.71. The van der Waals surface area contributed by atoms with Crippen LogP contribution in [0.3, 0.4) is 0 Å². The van der Waals surface area contributed by atoms with Crippen LogP contribution in [0.2, 0.25) is 5.02 Å². The standard InChI is InChI=1S/C22H30ClN5OS/c1-3-26-12-14-27(15-13-26)21(29)16(2)30-22-25-24-20(18-10-6-7-11-19(18)23)28(22)17-8-4-5-9-17/h6-7,10-11,16-17H,3-5,8-9,12-15H2,1-2H3/t16-/m0/s1. The largest absolute Gasteiger partial charge is 0.339 e. The first-order chi connectivity index (χ1) is 14.6. The number of hydrogen-bond acceptors (Lipinski definition) is 5. The van der Waals surface area contributed by atoms with E-state index in [0.29, 0.717) is 11.1 Å². The van der Waals surface area contributed by atoms with Gasteiger partial charge in [-0.1, -0.05) is 55.3 Å². The highest BCUT2D eigenvalue weighted by Gasteiger charge is 2.30. The minimum atomic E-state index is -0.193. The third-order valence-electron chi connectivity index (χ3n) is 6.23. The number of amides is 1. The maximum atomic E-state index is 13.1. The molecule has 4 rings (SSSR count). The second-order valence-corrected chi connectivity index (χ2v) is 9.83. The lowest BCUT2D eigenvalue weighted by Gasteiger charge is -2.35. The van der Waals surface area contributed by atoms with Crippen LogP contribution in [-0.2, 0) is 4.79 Å². The van der Waals surface area contributed by atoms with Gasteiger partial charge >= 0.3 is 0 Å². The summed E-state index contributed by atoms with van der Waals surface area (Å²) in [5.74, 6) is 1.00. The second-order valence-electron chi connectivity index (χ2n) is 8.11. The van der Waals surface area contributed by atoms with Gasteiger partial charge in [-0.25, -0.2) is 0 Å². The predicted octanol–water partition coefficient (Wildman–Crippen LogP) is 4.36. The molecule has 1 aromatic heterocycles. The molecule has 1 aliphatic heterocycles. The normalized spacial score (nSPS) is 19.4. The number of thioether (sulfide) groups is 1. The van der Waals surface area contributed by atoms with Crippen LogP contribution in [0.1, 0.15) is 45.6 Å². The van der Waals surface area contributed by atoms with Crippen molar-refractivity contribution in [2.75, 3.05) is 32.7 Å². The molecule has 0 radical (unpaired) electrons. The van der Waals surface area contributed by atoms with E-state index in [-0.39, 0.29) is 11.2 Å². The number of rotatable bonds is 6. The van der Waals surface area contributed by atoms with Crippen molar-refractivity contribution in [2.24, 2.45) is 0 Å². The number of nitrogens with zero attached hydrogens (tertiary/aromatic N) is 5. The van der Waals surface area contributed by atoms with Crippen LogP contribution in [0.15, 0.2) is 29.4 Å². The Hall–Kier alpha value is -1.57. The fraction of sp³-hybridized carbons (Fsp3) is 0.591. The molecular formula is C22H30ClN5OS. The number of benzene rings is 1. The van der Waals surface area contributed by atoms with E-state index in [4.69, 9.17) is 11.6 Å². The van der Waals surface area contributed by atoms with E-state index in [0.717, 1.165) is 62.1 Å². The number of carbonyl (C=O) groups is 1. The van der Waals surface area contributed by atoms with Gasteiger partial charge in [0.1, 0.15) is 0 Å². The van der Waals surface area contributed by atoms with E-state index in [1.54, 1.807) is 0 Å². The average molecular weight is 448 g/mol. The summed E-state index contributed by atoms with van der Waals surface area (Å²) in [6.07, 6.45) is 4.66. The Bertz CT molecular complexity index is 874. The third kappa shape index (κ3) is 4.53. The van der Waals surface area contributed by atoms with Crippen LogP contribution in [-0.4, -0.2) is 68.4 Å². The summed E-state index contributed by atoms with van der Waals surface area (Å²) in [6.45, 7) is 8.71. The smallest absolute Gasteiger partial charge is 0.235 e. The first-order valence-corrected chi connectivity index (χ1v) is 12.2. The highest BCUT2D eigenvalue weighted by Crippen LogP contribution is 2.39. The van der Waals surface area contributed by atoms with Gasteiger partial charge in [-0.3, -0.25) is 9.36 Å². The van der Waals surface area contributed by atoms with E-state index in [1.807, 2.05) is 36.1 Å². The molecule has 2 heterocycles. The van der Waals surface area contributed by atoms with Crippen molar-refractivity contribution in [1.82, 2.24) is 24.6 Å². The van der Waals surface area contributed by atoms with E-state index in [9.17, 15) is 4.79 Å². The van der Waals surface area contributed by atoms with Gasteiger partial charge in [-0.15, -0.1) is 10.2 Å². The van der Waals surface area contributed by atoms with Crippen molar-refractivity contribution in [3.63, 3.8) is 0 Å². The van der Waals surface area contributed by atoms with Gasteiger partial charge in [0.2, 0.25) is 5.91 Å². The zero-order valence-corrected chi connectivity index (χ0v) is 19.3. The first kappa shape index (κ1) is 21.7. The fourth-order valence-electron chi connectivity index (χ4n) is 4.43. The zero-order valence-electron chi connectivity index (χ0n) is 17.8. The van der Waals surface area contributed by atoms with Crippen molar-refractivity contribution in [3.05, 3.63) is 29.3 Å². The number of halogens is 1. The minimum Gasteiger partial charge on any atom is -0.339 e. The molecule has 1 amide bonds. The van der Waals surface area contributed by atoms with Crippen molar-refractivity contribution >= 4 is 29.3 Å². The molecular weight excluding hydrogens is 418 g/mol. The summed E-state index contributed by atoms with van der Waals surface area (Å²) in [7, 11) is 0. The molecule has 1 aromatic carbocycles. The number of carbonyl (C=O) groups excluding carboxylic acids is 1. The molecule has 6 nitrogen and oxygen atoms in total. The lowest BCUT2D eigenvalue weighted by Crippen LogP contribution is -2.50. The van der Waals surface area contributed by atoms with Gasteiger partial charge < -0.3 is 9.80 Å². The van der Waals surface area contributed by atoms with Crippen LogP contribution < -0.4 is 0 Å². The van der Waals surface area contributed by atoms with E-state index >= 15 is 0 Å². The average Bonchev–Trinajstić information content (AvgIpc) is 3.43. The first-order valence-electron chi connectivity index (χ1n) is 11.0. The van der Waals surface area contributed by atoms with Crippen LogP contribution in [0.4, 0.5) is 0 Å². The quantitative estimate of drug-likeness (QED) is 0.616. The van der Waals surface area contributed by atoms with Crippen molar-refractivity contribution in [1.29, 1.82) is 0 Å². The summed E-state index contributed by atoms with van der Waals surface area (Å²) in [5, 5.41) is 10.3. The molecule has 1 atom stereocenters. The highest BCUT2D eigenvalue weighted by molar-refractivity contribution is 8.00. The molecule has 8 heteroatoms. The van der Waals surface area contributed by atoms with Crippen molar-refractivity contribution < 1.29 is 4.79 Å². The molecule has 30 heavy (non-hydrogen) atoms. The molecule has 2 aromatic rings. The van der Waals surface area contributed by atoms with Gasteiger partial charge in [-0.2, -0.15) is 0 Å². The molecule has 2 aliphatic rings. The van der Waals surface area contributed by atoms with Crippen LogP contribution in [0, 0.1) is 0 Å². The lowest BCUT2D eigenvalue weighted by molar-refractivity contribution is -0.132. The van der Waals surface area contributed by atoms with Crippen molar-refractivity contribution in [2.45, 2.75) is 56.0 Å². The molecule has 1 saturated carbocycles. The summed E-state index contributed by atoms with van der Waals surface area (Å²) in [5.41, 5.74) is 0.903. The Morgan fingerprint density at radius 1 is 1.17 bits per heavy atom. The molecule has 0 bridgehead atoms. The van der Waals surface area contributed by atoms with Gasteiger partial charge in [0.25, 0.3) is 0 Å². The number of hydrogen-bond donors (Lipinski definition) is 0. The van der Waals surface area contributed by atoms with Crippen LogP contribution in [0.5, 0.6) is 0 Å². The van der Waals surface area contributed by atoms with Gasteiger partial charge in [0, 0.05) is 37.8 Å². The predicted molar refractivity (Wildman–Crippen MR) is 122 cm³/mol. The van der Waals surface area contributed by atoms with Crippen molar-refractivity contribution in [3.8, 4) is 11.4 Å². The van der Waals surface area contributed by atoms with Gasteiger partial charge in [-0.05, 0) is 38.4 Å². The number of piperazine rings is 1. The topological polar surface area (TPSA) is 54.3 Å². The summed E-state index contributed by atoms with van der Waals surface area (Å²) >= 11 is 8.00. The Kier molecular flexibility index (Phi) is 7.01. The van der Waals surface area contributed by atoms with Gasteiger partial charge in [0.05, 0.1) is 10.3 Å². The number of aromatic nitrogens is 3. The molecule has 0 N–H and O–H groups in total. The maximum Gasteiger partial charge on any atom is 0.235 e. The molecule has 0 spiro atoms. The van der Waals surface area contributed by atoms with Crippen LogP contribution >= 0.6 is 23.4 Å². The van der Waals surface area contributed by atoms with E-state index in [1.165, 1.54) is 24.6 Å². The Morgan fingerprint density at radius 3 is 2.53 bits per heavy atom. The lowest BCUT2D eigenvalue weighted by atomic mass is 10.2. The van der Waals surface area contributed by atoms with E-state index in [2.05, 4.69) is 26.6 Å². The summed E-state index contributed by atoms with van der Waals surface area (Å²) in [4.78, 5) is 17.4. The molecule has 1 saturated heterocycles. The monoisotopic (exact) mass is 447 g/mol. The molecule has 2 fully saturated rings. The minimum absolute atomic E-state index is 0.191. The molecule has 1 aliphatic carbocycles. The fourth-order valence-corrected chi connectivity index (χ4v) is 5.65. The third-order valence-corrected chi connectivity index (χ3v) is 7.60. The Labute approximate surface area is 188 Å². The highest BCUT2D eigenvalue weighted by atomic mass is 35.5. The SMILES string of the molecule is CCN1CCN(C(=O)[C@H](C)Sc2nnc(-c3ccccc3Cl)n2C2CCCC2)CC1. The van der Waals surface area contributed by atoms with E-state index < -0.39 is 0 Å². The maximum absolute atomic E-state index is 13.1. The molecule has 0 unspecified atom stereocenters. The number of likely N-dealkylation sites (N-methyl/N-ethyl adjacent to an activating group) is 1. The molecule has 162 valence electrons. The van der Waals surface area contributed by atoms with Crippen LogP contribution in [0.25, 0.3) is 11.4 Å². The summed E-state index contributed by atoms with van der Waals surface area (Å²) in [6, 6.07) is 8.15. The summed E-state index contributed by atoms with van der Waals surface area (Å²) < 4.78 is 2.23. The Balaban J connectivity index is 1.55. The van der Waals surface area contributed by atoms with Gasteiger partial charge in [0.15, 0.2) is 11.0 Å². The zero-order chi connectivity index (χ0) is 21.1. The Morgan fingerprint density at radius 2 is 1.87 bits per heavy atom.